The Morgan fingerprint density at radius 3 is 2.65 bits per heavy atom. The van der Waals surface area contributed by atoms with Gasteiger partial charge in [0.1, 0.15) is 0 Å². The second-order valence-electron chi connectivity index (χ2n) is 5.82. The van der Waals surface area contributed by atoms with E-state index in [1.165, 1.54) is 16.9 Å². The summed E-state index contributed by atoms with van der Waals surface area (Å²) in [6, 6.07) is 18.9. The number of para-hydroxylation sites is 3. The fraction of sp³-hybridized carbons (Fsp3) is 0.105. The van der Waals surface area contributed by atoms with Crippen molar-refractivity contribution in [3.63, 3.8) is 0 Å². The van der Waals surface area contributed by atoms with Gasteiger partial charge in [-0.3, -0.25) is 8.97 Å². The topological polar surface area (TPSA) is 22.2 Å². The third-order valence-electron chi connectivity index (χ3n) is 4.42. The molecule has 0 radical (unpaired) electrons. The van der Waals surface area contributed by atoms with Crippen molar-refractivity contribution in [2.24, 2.45) is 0 Å². The summed E-state index contributed by atoms with van der Waals surface area (Å²) in [6.45, 7) is 0. The first-order valence-corrected chi connectivity index (χ1v) is 8.96. The molecule has 4 aromatic rings. The lowest BCUT2D eigenvalue weighted by molar-refractivity contribution is 0.951. The first-order chi connectivity index (χ1) is 11.3. The van der Waals surface area contributed by atoms with Crippen LogP contribution in [-0.2, 0) is 6.42 Å². The Kier molecular flexibility index (Phi) is 2.88. The molecular weight excluding hydrogens is 397 g/mol. The number of nitrogens with zero attached hydrogens (tertiary/aromatic N) is 3. The van der Waals surface area contributed by atoms with E-state index in [0.717, 1.165) is 23.4 Å². The summed E-state index contributed by atoms with van der Waals surface area (Å²) >= 11 is 2.50. The van der Waals surface area contributed by atoms with Crippen LogP contribution in [0.3, 0.4) is 0 Å². The molecular formula is C19H14IN3. The Labute approximate surface area is 147 Å². The monoisotopic (exact) mass is 411 g/mol. The maximum atomic E-state index is 4.91. The van der Waals surface area contributed by atoms with Crippen molar-refractivity contribution in [2.45, 2.75) is 10.3 Å². The summed E-state index contributed by atoms with van der Waals surface area (Å²) in [5.41, 5.74) is 5.99. The Morgan fingerprint density at radius 2 is 1.78 bits per heavy atom. The van der Waals surface area contributed by atoms with Gasteiger partial charge in [-0.25, -0.2) is 4.98 Å². The normalized spacial score (nSPS) is 17.0. The third-order valence-corrected chi connectivity index (χ3v) is 5.27. The van der Waals surface area contributed by atoms with E-state index in [2.05, 4.69) is 98.3 Å². The fourth-order valence-corrected chi connectivity index (χ4v) is 4.05. The van der Waals surface area contributed by atoms with Crippen molar-refractivity contribution < 1.29 is 0 Å². The van der Waals surface area contributed by atoms with Crippen molar-refractivity contribution in [1.29, 1.82) is 0 Å². The van der Waals surface area contributed by atoms with E-state index >= 15 is 0 Å². The van der Waals surface area contributed by atoms with Gasteiger partial charge in [-0.1, -0.05) is 59.0 Å². The number of imidazole rings is 2. The molecule has 2 aromatic heterocycles. The van der Waals surface area contributed by atoms with Gasteiger partial charge in [0.25, 0.3) is 0 Å². The molecule has 112 valence electrons. The molecule has 2 heterocycles. The highest BCUT2D eigenvalue weighted by molar-refractivity contribution is 14.1. The molecule has 3 nitrogen and oxygen atoms in total. The first kappa shape index (κ1) is 13.4. The first-order valence-electron chi connectivity index (χ1n) is 7.71. The summed E-state index contributed by atoms with van der Waals surface area (Å²) in [7, 11) is 0. The van der Waals surface area contributed by atoms with Crippen LogP contribution in [0.2, 0.25) is 0 Å². The predicted octanol–water partition coefficient (Wildman–Crippen LogP) is 4.65. The number of halogens is 1. The molecule has 0 bridgehead atoms. The van der Waals surface area contributed by atoms with Crippen LogP contribution in [0.5, 0.6) is 0 Å². The average molecular weight is 411 g/mol. The van der Waals surface area contributed by atoms with E-state index < -0.39 is 0 Å². The molecule has 1 aliphatic carbocycles. The highest BCUT2D eigenvalue weighted by Crippen LogP contribution is 2.32. The van der Waals surface area contributed by atoms with Gasteiger partial charge in [0.2, 0.25) is 5.78 Å². The minimum Gasteiger partial charge on any atom is -0.280 e. The minimum atomic E-state index is 0.524. The number of aromatic nitrogens is 3. The van der Waals surface area contributed by atoms with E-state index in [0.29, 0.717) is 3.92 Å². The molecule has 4 heteroatoms. The molecule has 0 amide bonds. The van der Waals surface area contributed by atoms with Crippen LogP contribution in [0.1, 0.15) is 11.4 Å². The zero-order valence-electron chi connectivity index (χ0n) is 12.4. The van der Waals surface area contributed by atoms with Crippen LogP contribution >= 0.6 is 22.6 Å². The molecule has 2 aromatic carbocycles. The van der Waals surface area contributed by atoms with E-state index in [4.69, 9.17) is 4.98 Å². The molecule has 0 fully saturated rings. The maximum Gasteiger partial charge on any atom is 0.220 e. The number of alkyl halides is 1. The van der Waals surface area contributed by atoms with Gasteiger partial charge in [-0.05, 0) is 30.3 Å². The number of hydrogen-bond acceptors (Lipinski definition) is 1. The van der Waals surface area contributed by atoms with Crippen LogP contribution < -0.4 is 0 Å². The van der Waals surface area contributed by atoms with Crippen LogP contribution in [0.4, 0.5) is 0 Å². The van der Waals surface area contributed by atoms with E-state index in [1.54, 1.807) is 0 Å². The van der Waals surface area contributed by atoms with E-state index in [-0.39, 0.29) is 0 Å². The molecule has 0 N–H and O–H groups in total. The summed E-state index contributed by atoms with van der Waals surface area (Å²) in [5, 5.41) is 0. The van der Waals surface area contributed by atoms with Gasteiger partial charge in [-0.2, -0.15) is 0 Å². The summed E-state index contributed by atoms with van der Waals surface area (Å²) in [5.74, 6) is 0.998. The van der Waals surface area contributed by atoms with Crippen LogP contribution in [0.25, 0.3) is 28.6 Å². The molecule has 1 atom stereocenters. The Morgan fingerprint density at radius 1 is 1.00 bits per heavy atom. The number of rotatable bonds is 1. The highest BCUT2D eigenvalue weighted by Gasteiger charge is 2.24. The van der Waals surface area contributed by atoms with E-state index in [1.807, 2.05) is 0 Å². The van der Waals surface area contributed by atoms with Crippen LogP contribution in [-0.4, -0.2) is 17.9 Å². The van der Waals surface area contributed by atoms with Crippen LogP contribution in [0, 0.1) is 0 Å². The van der Waals surface area contributed by atoms with Gasteiger partial charge in [0, 0.05) is 16.0 Å². The smallest absolute Gasteiger partial charge is 0.220 e. The number of hydrogen-bond donors (Lipinski definition) is 0. The lowest BCUT2D eigenvalue weighted by Gasteiger charge is -2.13. The van der Waals surface area contributed by atoms with Gasteiger partial charge in [-0.15, -0.1) is 0 Å². The largest absolute Gasteiger partial charge is 0.280 e. The number of allylic oxidation sites excluding steroid dienone is 1. The minimum absolute atomic E-state index is 0.524. The Hall–Kier alpha value is -2.08. The van der Waals surface area contributed by atoms with Crippen molar-refractivity contribution in [3.05, 3.63) is 72.1 Å². The lowest BCUT2D eigenvalue weighted by Crippen LogP contribution is -2.08. The Balaban J connectivity index is 1.96. The molecule has 0 saturated carbocycles. The molecule has 1 aliphatic rings. The predicted molar refractivity (Wildman–Crippen MR) is 103 cm³/mol. The molecule has 0 spiro atoms. The fourth-order valence-electron chi connectivity index (χ4n) is 3.43. The van der Waals surface area contributed by atoms with Crippen molar-refractivity contribution in [2.75, 3.05) is 0 Å². The van der Waals surface area contributed by atoms with Gasteiger partial charge in [0.15, 0.2) is 0 Å². The standard InChI is InChI=1S/C19H14IN3/c20-13-10-11-17-18(12-13)23-16-9-5-4-8-15(16)21-19(23)22(17)14-6-2-1-3-7-14/h1-11,13H,12H2. The van der Waals surface area contributed by atoms with Crippen LogP contribution in [0.15, 0.2) is 60.7 Å². The lowest BCUT2D eigenvalue weighted by atomic mass is 10.1. The molecule has 23 heavy (non-hydrogen) atoms. The van der Waals surface area contributed by atoms with Gasteiger partial charge >= 0.3 is 0 Å². The average Bonchev–Trinajstić information content (AvgIpc) is 3.10. The molecule has 1 unspecified atom stereocenters. The quantitative estimate of drug-likeness (QED) is 0.330. The zero-order valence-corrected chi connectivity index (χ0v) is 14.5. The Bertz CT molecular complexity index is 1060. The third kappa shape index (κ3) is 1.91. The second kappa shape index (κ2) is 4.96. The SMILES string of the molecule is IC1C=Cc2c(n3c4ccccc4nc3n2-c2ccccc2)C1. The second-order valence-corrected chi connectivity index (χ2v) is 7.42. The number of benzene rings is 2. The maximum absolute atomic E-state index is 4.91. The summed E-state index contributed by atoms with van der Waals surface area (Å²) in [4.78, 5) is 4.91. The van der Waals surface area contributed by atoms with Gasteiger partial charge in [0.05, 0.1) is 22.4 Å². The van der Waals surface area contributed by atoms with Crippen molar-refractivity contribution >= 4 is 45.5 Å². The molecule has 0 aliphatic heterocycles. The van der Waals surface area contributed by atoms with Gasteiger partial charge < -0.3 is 0 Å². The summed E-state index contributed by atoms with van der Waals surface area (Å²) < 4.78 is 5.12. The number of fused-ring (bicyclic) bond motifs is 5. The van der Waals surface area contributed by atoms with E-state index in [9.17, 15) is 0 Å². The van der Waals surface area contributed by atoms with Crippen molar-refractivity contribution in [1.82, 2.24) is 14.0 Å². The van der Waals surface area contributed by atoms with Crippen molar-refractivity contribution in [3.8, 4) is 5.69 Å². The molecule has 0 saturated heterocycles. The summed E-state index contributed by atoms with van der Waals surface area (Å²) in [6.07, 6.45) is 5.55. The highest BCUT2D eigenvalue weighted by atomic mass is 127. The zero-order chi connectivity index (χ0) is 15.4. The molecule has 5 rings (SSSR count).